The largest absolute Gasteiger partial charge is 0.480 e. The molecule has 1 aromatic rings. The van der Waals surface area contributed by atoms with Crippen LogP contribution in [0.25, 0.3) is 0 Å². The van der Waals surface area contributed by atoms with Crippen LogP contribution in [-0.4, -0.2) is 35.1 Å². The van der Waals surface area contributed by atoms with Gasteiger partial charge in [-0.15, -0.1) is 0 Å². The van der Waals surface area contributed by atoms with Gasteiger partial charge < -0.3 is 15.2 Å². The Bertz CT molecular complexity index is 519. The quantitative estimate of drug-likeness (QED) is 0.601. The number of nitrogens with zero attached hydrogens (tertiary/aromatic N) is 1. The number of anilines is 1. The highest BCUT2D eigenvalue weighted by molar-refractivity contribution is 6.33. The number of amides is 1. The van der Waals surface area contributed by atoms with Gasteiger partial charge in [-0.3, -0.25) is 14.9 Å². The number of halogens is 1. The summed E-state index contributed by atoms with van der Waals surface area (Å²) in [7, 11) is 0. The van der Waals surface area contributed by atoms with Gasteiger partial charge in [0.05, 0.1) is 4.92 Å². The zero-order valence-electron chi connectivity index (χ0n) is 9.46. The van der Waals surface area contributed by atoms with Gasteiger partial charge in [-0.05, 0) is 12.1 Å². The highest BCUT2D eigenvalue weighted by atomic mass is 35.5. The van der Waals surface area contributed by atoms with E-state index in [-0.39, 0.29) is 16.4 Å². The number of aliphatic carboxylic acids is 1. The van der Waals surface area contributed by atoms with Gasteiger partial charge in [0.1, 0.15) is 18.2 Å². The Kier molecular flexibility index (Phi) is 5.22. The maximum atomic E-state index is 11.3. The number of rotatable bonds is 6. The van der Waals surface area contributed by atoms with Crippen molar-refractivity contribution in [3.63, 3.8) is 0 Å². The van der Waals surface area contributed by atoms with Crippen molar-refractivity contribution < 1.29 is 24.4 Å². The number of carboxylic acid groups (broad SMARTS) is 1. The van der Waals surface area contributed by atoms with Crippen LogP contribution in [0.2, 0.25) is 5.02 Å². The van der Waals surface area contributed by atoms with Crippen LogP contribution in [0.4, 0.5) is 11.4 Å². The van der Waals surface area contributed by atoms with Crippen molar-refractivity contribution in [2.75, 3.05) is 18.5 Å². The molecule has 0 aromatic heterocycles. The van der Waals surface area contributed by atoms with E-state index in [1.807, 2.05) is 0 Å². The summed E-state index contributed by atoms with van der Waals surface area (Å²) in [5.74, 6) is -1.78. The number of hydrogen-bond acceptors (Lipinski definition) is 5. The lowest BCUT2D eigenvalue weighted by Gasteiger charge is -2.05. The van der Waals surface area contributed by atoms with Crippen molar-refractivity contribution in [1.29, 1.82) is 0 Å². The molecule has 0 aliphatic carbocycles. The van der Waals surface area contributed by atoms with Gasteiger partial charge in [-0.1, -0.05) is 11.6 Å². The molecular weight excluding hydrogens is 280 g/mol. The van der Waals surface area contributed by atoms with Crippen LogP contribution in [0.5, 0.6) is 0 Å². The van der Waals surface area contributed by atoms with E-state index < -0.39 is 30.0 Å². The first kappa shape index (κ1) is 14.9. The maximum absolute atomic E-state index is 11.3. The highest BCUT2D eigenvalue weighted by Crippen LogP contribution is 2.27. The van der Waals surface area contributed by atoms with Crippen molar-refractivity contribution in [2.24, 2.45) is 0 Å². The summed E-state index contributed by atoms with van der Waals surface area (Å²) in [5, 5.41) is 21.1. The normalized spacial score (nSPS) is 9.95. The second-order valence-electron chi connectivity index (χ2n) is 3.36. The van der Waals surface area contributed by atoms with Gasteiger partial charge in [-0.25, -0.2) is 4.79 Å². The van der Waals surface area contributed by atoms with Gasteiger partial charge in [0.25, 0.3) is 5.69 Å². The topological polar surface area (TPSA) is 119 Å². The predicted octanol–water partition coefficient (Wildman–Crippen LogP) is 1.29. The fraction of sp³-hybridized carbons (Fsp3) is 0.200. The van der Waals surface area contributed by atoms with Gasteiger partial charge in [0.15, 0.2) is 0 Å². The summed E-state index contributed by atoms with van der Waals surface area (Å²) in [4.78, 5) is 31.3. The standard InChI is InChI=1S/C10H9ClN2O6/c11-7-3-6(1-2-8(7)13(17)18)12-9(14)4-19-5-10(15)16/h1-3H,4-5H2,(H,12,14)(H,15,16). The van der Waals surface area contributed by atoms with Crippen LogP contribution in [0.15, 0.2) is 18.2 Å². The summed E-state index contributed by atoms with van der Waals surface area (Å²) >= 11 is 5.65. The number of nitro groups is 1. The minimum absolute atomic E-state index is 0.116. The molecule has 0 heterocycles. The predicted molar refractivity (Wildman–Crippen MR) is 65.2 cm³/mol. The fourth-order valence-corrected chi connectivity index (χ4v) is 1.41. The van der Waals surface area contributed by atoms with E-state index in [9.17, 15) is 19.7 Å². The average Bonchev–Trinajstić information content (AvgIpc) is 2.27. The zero-order valence-corrected chi connectivity index (χ0v) is 10.2. The van der Waals surface area contributed by atoms with Gasteiger partial charge in [0, 0.05) is 11.8 Å². The Morgan fingerprint density at radius 2 is 2.11 bits per heavy atom. The summed E-state index contributed by atoms with van der Waals surface area (Å²) < 4.78 is 4.57. The van der Waals surface area contributed by atoms with Crippen molar-refractivity contribution in [3.05, 3.63) is 33.3 Å². The number of carboxylic acids is 1. The first-order valence-corrected chi connectivity index (χ1v) is 5.31. The highest BCUT2D eigenvalue weighted by Gasteiger charge is 2.13. The van der Waals surface area contributed by atoms with Crippen molar-refractivity contribution in [3.8, 4) is 0 Å². The first-order valence-electron chi connectivity index (χ1n) is 4.93. The number of ether oxygens (including phenoxy) is 1. The lowest BCUT2D eigenvalue weighted by atomic mass is 10.3. The van der Waals surface area contributed by atoms with Crippen LogP contribution in [0.1, 0.15) is 0 Å². The number of hydrogen-bond donors (Lipinski definition) is 2. The van der Waals surface area contributed by atoms with Crippen molar-refractivity contribution >= 4 is 34.9 Å². The second-order valence-corrected chi connectivity index (χ2v) is 3.77. The van der Waals surface area contributed by atoms with Gasteiger partial charge in [-0.2, -0.15) is 0 Å². The van der Waals surface area contributed by atoms with E-state index in [1.54, 1.807) is 0 Å². The first-order chi connectivity index (χ1) is 8.90. The lowest BCUT2D eigenvalue weighted by Crippen LogP contribution is -2.20. The molecular formula is C10H9ClN2O6. The van der Waals surface area contributed by atoms with Crippen LogP contribution in [0, 0.1) is 10.1 Å². The average molecular weight is 289 g/mol. The Morgan fingerprint density at radius 3 is 2.63 bits per heavy atom. The third-order valence-corrected chi connectivity index (χ3v) is 2.19. The summed E-state index contributed by atoms with van der Waals surface area (Å²) in [6, 6.07) is 3.67. The minimum atomic E-state index is -1.19. The molecule has 0 fully saturated rings. The molecule has 0 radical (unpaired) electrons. The number of nitrogens with one attached hydrogen (secondary N) is 1. The monoisotopic (exact) mass is 288 g/mol. The second kappa shape index (κ2) is 6.66. The molecule has 1 amide bonds. The molecule has 2 N–H and O–H groups in total. The molecule has 102 valence electrons. The SMILES string of the molecule is O=C(O)COCC(=O)Nc1ccc([N+](=O)[O-])c(Cl)c1. The van der Waals surface area contributed by atoms with Crippen LogP contribution in [0.3, 0.4) is 0 Å². The van der Waals surface area contributed by atoms with Crippen LogP contribution >= 0.6 is 11.6 Å². The number of carbonyl (C=O) groups is 2. The third kappa shape index (κ3) is 4.90. The Hall–Kier alpha value is -2.19. The van der Waals surface area contributed by atoms with E-state index in [4.69, 9.17) is 16.7 Å². The number of benzene rings is 1. The molecule has 0 aliphatic heterocycles. The van der Waals surface area contributed by atoms with Crippen LogP contribution in [-0.2, 0) is 14.3 Å². The summed E-state index contributed by atoms with van der Waals surface area (Å²) in [5.41, 5.74) is -0.0266. The zero-order chi connectivity index (χ0) is 14.4. The minimum Gasteiger partial charge on any atom is -0.480 e. The lowest BCUT2D eigenvalue weighted by molar-refractivity contribution is -0.384. The van der Waals surface area contributed by atoms with Gasteiger partial charge in [0.2, 0.25) is 5.91 Å². The molecule has 0 atom stereocenters. The fourth-order valence-electron chi connectivity index (χ4n) is 1.16. The molecule has 8 nitrogen and oxygen atoms in total. The van der Waals surface area contributed by atoms with E-state index in [0.29, 0.717) is 0 Å². The molecule has 0 aliphatic rings. The molecule has 1 rings (SSSR count). The van der Waals surface area contributed by atoms with E-state index >= 15 is 0 Å². The summed E-state index contributed by atoms with van der Waals surface area (Å²) in [6.45, 7) is -1.03. The Labute approximate surface area is 112 Å². The Morgan fingerprint density at radius 1 is 1.42 bits per heavy atom. The molecule has 1 aromatic carbocycles. The van der Waals surface area contributed by atoms with Crippen LogP contribution < -0.4 is 5.32 Å². The smallest absolute Gasteiger partial charge is 0.329 e. The van der Waals surface area contributed by atoms with Crippen molar-refractivity contribution in [1.82, 2.24) is 0 Å². The maximum Gasteiger partial charge on any atom is 0.329 e. The summed E-state index contributed by atoms with van der Waals surface area (Å²) in [6.07, 6.45) is 0. The number of nitro benzene ring substituents is 1. The molecule has 0 saturated heterocycles. The van der Waals surface area contributed by atoms with Gasteiger partial charge >= 0.3 is 5.97 Å². The molecule has 19 heavy (non-hydrogen) atoms. The van der Waals surface area contributed by atoms with Crippen molar-refractivity contribution in [2.45, 2.75) is 0 Å². The molecule has 0 unspecified atom stereocenters. The van der Waals surface area contributed by atoms with E-state index in [2.05, 4.69) is 10.1 Å². The third-order valence-electron chi connectivity index (χ3n) is 1.89. The molecule has 0 bridgehead atoms. The Balaban J connectivity index is 2.58. The molecule has 0 saturated carbocycles. The molecule has 9 heteroatoms. The molecule has 0 spiro atoms. The van der Waals surface area contributed by atoms with E-state index in [1.165, 1.54) is 12.1 Å². The number of carbonyl (C=O) groups excluding carboxylic acids is 1. The van der Waals surface area contributed by atoms with E-state index in [0.717, 1.165) is 6.07 Å².